The molecular weight excluding hydrogens is 341 g/mol. The number of hydrogen-bond donors (Lipinski definition) is 0. The average molecular weight is 358 g/mol. The van der Waals surface area contributed by atoms with Gasteiger partial charge in [0.25, 0.3) is 5.91 Å². The monoisotopic (exact) mass is 357 g/mol. The summed E-state index contributed by atoms with van der Waals surface area (Å²) in [7, 11) is 1.28. The maximum atomic E-state index is 14.0. The summed E-state index contributed by atoms with van der Waals surface area (Å²) in [5.74, 6) is -1.55. The molecule has 1 saturated carbocycles. The molecule has 1 aromatic rings. The van der Waals surface area contributed by atoms with E-state index in [0.717, 1.165) is 25.7 Å². The molecule has 0 heterocycles. The molecule has 0 radical (unpaired) electrons. The summed E-state index contributed by atoms with van der Waals surface area (Å²) >= 11 is 3.16. The van der Waals surface area contributed by atoms with Crippen molar-refractivity contribution in [3.8, 4) is 0 Å². The first kappa shape index (κ1) is 15.9. The van der Waals surface area contributed by atoms with Crippen LogP contribution in [0.4, 0.5) is 4.39 Å². The van der Waals surface area contributed by atoms with Crippen LogP contribution < -0.4 is 0 Å². The number of esters is 1. The van der Waals surface area contributed by atoms with Gasteiger partial charge in [0.05, 0.1) is 12.7 Å². The Morgan fingerprint density at radius 1 is 1.38 bits per heavy atom. The second-order valence-electron chi connectivity index (χ2n) is 5.07. The van der Waals surface area contributed by atoms with Crippen molar-refractivity contribution < 1.29 is 18.7 Å². The molecule has 1 aromatic carbocycles. The van der Waals surface area contributed by atoms with E-state index in [2.05, 4.69) is 20.7 Å². The third kappa shape index (κ3) is 3.81. The van der Waals surface area contributed by atoms with Crippen LogP contribution in [0.3, 0.4) is 0 Å². The SMILES string of the molecule is COC(=O)CN(C(=O)c1ccc(Br)cc1F)C1CCCC1. The smallest absolute Gasteiger partial charge is 0.325 e. The zero-order valence-electron chi connectivity index (χ0n) is 11.8. The van der Waals surface area contributed by atoms with E-state index < -0.39 is 17.7 Å². The highest BCUT2D eigenvalue weighted by molar-refractivity contribution is 9.10. The summed E-state index contributed by atoms with van der Waals surface area (Å²) in [6, 6.07) is 4.26. The molecule has 0 aromatic heterocycles. The quantitative estimate of drug-likeness (QED) is 0.777. The lowest BCUT2D eigenvalue weighted by molar-refractivity contribution is -0.141. The van der Waals surface area contributed by atoms with Gasteiger partial charge in [-0.25, -0.2) is 4.39 Å². The number of methoxy groups -OCH3 is 1. The standard InChI is InChI=1S/C15H17BrFNO3/c1-21-14(19)9-18(11-4-2-3-5-11)15(20)12-7-6-10(16)8-13(12)17/h6-8,11H,2-5,9H2,1H3. The molecule has 0 aliphatic heterocycles. The minimum atomic E-state index is -0.595. The number of amides is 1. The molecule has 6 heteroatoms. The van der Waals surface area contributed by atoms with Crippen molar-refractivity contribution in [3.05, 3.63) is 34.1 Å². The summed E-state index contributed by atoms with van der Waals surface area (Å²) in [5, 5.41) is 0. The van der Waals surface area contributed by atoms with Gasteiger partial charge in [-0.2, -0.15) is 0 Å². The van der Waals surface area contributed by atoms with Crippen molar-refractivity contribution in [3.63, 3.8) is 0 Å². The first-order valence-electron chi connectivity index (χ1n) is 6.85. The number of benzene rings is 1. The number of halogens is 2. The number of ether oxygens (including phenoxy) is 1. The van der Waals surface area contributed by atoms with Crippen LogP contribution >= 0.6 is 15.9 Å². The van der Waals surface area contributed by atoms with E-state index in [-0.39, 0.29) is 18.2 Å². The van der Waals surface area contributed by atoms with Crippen LogP contribution in [0, 0.1) is 5.82 Å². The molecule has 4 nitrogen and oxygen atoms in total. The second kappa shape index (κ2) is 7.02. The Balaban J connectivity index is 2.26. The fraction of sp³-hybridized carbons (Fsp3) is 0.467. The third-order valence-corrected chi connectivity index (χ3v) is 4.21. The lowest BCUT2D eigenvalue weighted by Gasteiger charge is -2.28. The predicted octanol–water partition coefficient (Wildman–Crippen LogP) is 3.15. The Morgan fingerprint density at radius 2 is 2.05 bits per heavy atom. The van der Waals surface area contributed by atoms with Crippen molar-refractivity contribution in [2.24, 2.45) is 0 Å². The molecule has 1 amide bonds. The average Bonchev–Trinajstić information content (AvgIpc) is 2.97. The molecule has 0 bridgehead atoms. The molecule has 1 aliphatic carbocycles. The van der Waals surface area contributed by atoms with E-state index in [1.807, 2.05) is 0 Å². The zero-order valence-corrected chi connectivity index (χ0v) is 13.4. The molecule has 0 atom stereocenters. The van der Waals surface area contributed by atoms with Crippen LogP contribution in [0.2, 0.25) is 0 Å². The lowest BCUT2D eigenvalue weighted by atomic mass is 10.1. The van der Waals surface area contributed by atoms with Crippen LogP contribution in [0.15, 0.2) is 22.7 Å². The Labute approximate surface area is 131 Å². The maximum Gasteiger partial charge on any atom is 0.325 e. The molecule has 0 unspecified atom stereocenters. The van der Waals surface area contributed by atoms with Crippen LogP contribution in [0.5, 0.6) is 0 Å². The normalized spacial score (nSPS) is 15.0. The van der Waals surface area contributed by atoms with Crippen molar-refractivity contribution >= 4 is 27.8 Å². The molecule has 1 fully saturated rings. The van der Waals surface area contributed by atoms with E-state index in [0.29, 0.717) is 4.47 Å². The second-order valence-corrected chi connectivity index (χ2v) is 5.99. The van der Waals surface area contributed by atoms with Gasteiger partial charge in [-0.1, -0.05) is 28.8 Å². The van der Waals surface area contributed by atoms with E-state index in [9.17, 15) is 14.0 Å². The summed E-state index contributed by atoms with van der Waals surface area (Å²) in [4.78, 5) is 25.6. The van der Waals surface area contributed by atoms with E-state index in [1.54, 1.807) is 6.07 Å². The first-order chi connectivity index (χ1) is 10.0. The van der Waals surface area contributed by atoms with Crippen LogP contribution in [0.25, 0.3) is 0 Å². The molecule has 2 rings (SSSR count). The molecule has 21 heavy (non-hydrogen) atoms. The lowest BCUT2D eigenvalue weighted by Crippen LogP contribution is -2.43. The number of nitrogens with zero attached hydrogens (tertiary/aromatic N) is 1. The molecule has 0 N–H and O–H groups in total. The topological polar surface area (TPSA) is 46.6 Å². The van der Waals surface area contributed by atoms with E-state index >= 15 is 0 Å². The predicted molar refractivity (Wildman–Crippen MR) is 79.4 cm³/mol. The molecular formula is C15H17BrFNO3. The minimum absolute atomic E-state index is 0.0194. The molecule has 0 saturated heterocycles. The molecule has 114 valence electrons. The summed E-state index contributed by atoms with van der Waals surface area (Å²) in [6.07, 6.45) is 3.69. The van der Waals surface area contributed by atoms with Gasteiger partial charge in [0.2, 0.25) is 0 Å². The Bertz CT molecular complexity index is 544. The fourth-order valence-electron chi connectivity index (χ4n) is 2.60. The summed E-state index contributed by atoms with van der Waals surface area (Å²) in [6.45, 7) is -0.143. The highest BCUT2D eigenvalue weighted by atomic mass is 79.9. The van der Waals surface area contributed by atoms with Gasteiger partial charge < -0.3 is 9.64 Å². The number of carbonyl (C=O) groups excluding carboxylic acids is 2. The third-order valence-electron chi connectivity index (χ3n) is 3.71. The van der Waals surface area contributed by atoms with Crippen LogP contribution in [-0.4, -0.2) is 36.5 Å². The van der Waals surface area contributed by atoms with Crippen molar-refractivity contribution in [1.82, 2.24) is 4.90 Å². The highest BCUT2D eigenvalue weighted by Crippen LogP contribution is 2.26. The molecule has 0 spiro atoms. The van der Waals surface area contributed by atoms with E-state index in [1.165, 1.54) is 24.1 Å². The Morgan fingerprint density at radius 3 is 2.62 bits per heavy atom. The Hall–Kier alpha value is -1.43. The van der Waals surface area contributed by atoms with Crippen LogP contribution in [-0.2, 0) is 9.53 Å². The first-order valence-corrected chi connectivity index (χ1v) is 7.65. The largest absolute Gasteiger partial charge is 0.468 e. The fourth-order valence-corrected chi connectivity index (χ4v) is 2.94. The van der Waals surface area contributed by atoms with Gasteiger partial charge in [-0.3, -0.25) is 9.59 Å². The van der Waals surface area contributed by atoms with Gasteiger partial charge in [0, 0.05) is 10.5 Å². The van der Waals surface area contributed by atoms with Gasteiger partial charge in [-0.05, 0) is 31.0 Å². The molecule has 1 aliphatic rings. The van der Waals surface area contributed by atoms with Gasteiger partial charge >= 0.3 is 5.97 Å². The highest BCUT2D eigenvalue weighted by Gasteiger charge is 2.30. The van der Waals surface area contributed by atoms with Gasteiger partial charge in [-0.15, -0.1) is 0 Å². The maximum absolute atomic E-state index is 14.0. The Kier molecular flexibility index (Phi) is 5.33. The zero-order chi connectivity index (χ0) is 15.4. The summed E-state index contributed by atoms with van der Waals surface area (Å²) < 4.78 is 19.2. The van der Waals surface area contributed by atoms with E-state index in [4.69, 9.17) is 0 Å². The number of rotatable bonds is 4. The van der Waals surface area contributed by atoms with Gasteiger partial charge in [0.1, 0.15) is 12.4 Å². The van der Waals surface area contributed by atoms with Crippen LogP contribution in [0.1, 0.15) is 36.0 Å². The van der Waals surface area contributed by atoms with Crippen molar-refractivity contribution in [2.45, 2.75) is 31.7 Å². The number of carbonyl (C=O) groups is 2. The van der Waals surface area contributed by atoms with Crippen molar-refractivity contribution in [2.75, 3.05) is 13.7 Å². The minimum Gasteiger partial charge on any atom is -0.468 e. The van der Waals surface area contributed by atoms with Crippen molar-refractivity contribution in [1.29, 1.82) is 0 Å². The number of hydrogen-bond acceptors (Lipinski definition) is 3. The summed E-state index contributed by atoms with van der Waals surface area (Å²) in [5.41, 5.74) is -0.0194. The van der Waals surface area contributed by atoms with Gasteiger partial charge in [0.15, 0.2) is 0 Å².